The Bertz CT molecular complexity index is 862. The topological polar surface area (TPSA) is 67.9 Å². The zero-order valence-corrected chi connectivity index (χ0v) is 18.1. The molecule has 0 aromatic heterocycles. The molecule has 2 aromatic rings. The van der Waals surface area contributed by atoms with Crippen molar-refractivity contribution in [3.63, 3.8) is 0 Å². The van der Waals surface area contributed by atoms with Crippen molar-refractivity contribution in [1.29, 1.82) is 0 Å². The molecule has 0 atom stereocenters. The van der Waals surface area contributed by atoms with Crippen molar-refractivity contribution < 1.29 is 19.1 Å². The van der Waals surface area contributed by atoms with E-state index < -0.39 is 0 Å². The summed E-state index contributed by atoms with van der Waals surface area (Å²) in [7, 11) is 3.08. The molecule has 0 unspecified atom stereocenters. The van der Waals surface area contributed by atoms with Gasteiger partial charge in [-0.1, -0.05) is 32.0 Å². The molecule has 6 heteroatoms. The fourth-order valence-electron chi connectivity index (χ4n) is 3.76. The summed E-state index contributed by atoms with van der Waals surface area (Å²) in [5.41, 5.74) is 2.48. The first-order valence-electron chi connectivity index (χ1n) is 10.4. The van der Waals surface area contributed by atoms with Crippen LogP contribution in [0.15, 0.2) is 42.5 Å². The van der Waals surface area contributed by atoms with Crippen LogP contribution in [0, 0.1) is 5.92 Å². The van der Waals surface area contributed by atoms with Crippen molar-refractivity contribution >= 4 is 17.5 Å². The molecule has 0 radical (unpaired) electrons. The Hall–Kier alpha value is -3.02. The predicted molar refractivity (Wildman–Crippen MR) is 117 cm³/mol. The summed E-state index contributed by atoms with van der Waals surface area (Å²) in [6, 6.07) is 13.3. The number of nitrogens with zero attached hydrogens (tertiary/aromatic N) is 1. The molecule has 160 valence electrons. The van der Waals surface area contributed by atoms with E-state index in [1.807, 2.05) is 24.3 Å². The summed E-state index contributed by atoms with van der Waals surface area (Å²) < 4.78 is 10.7. The van der Waals surface area contributed by atoms with Crippen LogP contribution in [0.3, 0.4) is 0 Å². The number of carbonyl (C=O) groups excluding carboxylic acids is 2. The fraction of sp³-hybridized carbons (Fsp3) is 0.417. The summed E-state index contributed by atoms with van der Waals surface area (Å²) in [6.45, 7) is 5.32. The third-order valence-corrected chi connectivity index (χ3v) is 5.64. The molecule has 0 bridgehead atoms. The van der Waals surface area contributed by atoms with Gasteiger partial charge in [0.2, 0.25) is 5.91 Å². The average molecular weight is 411 g/mol. The highest BCUT2D eigenvalue weighted by atomic mass is 16.5. The Labute approximate surface area is 178 Å². The van der Waals surface area contributed by atoms with E-state index in [9.17, 15) is 9.59 Å². The molecule has 1 N–H and O–H groups in total. The Kier molecular flexibility index (Phi) is 6.98. The quantitative estimate of drug-likeness (QED) is 0.770. The third kappa shape index (κ3) is 4.75. The second-order valence-electron chi connectivity index (χ2n) is 7.87. The van der Waals surface area contributed by atoms with Crippen molar-refractivity contribution in [2.24, 2.45) is 5.92 Å². The third-order valence-electron chi connectivity index (χ3n) is 5.64. The van der Waals surface area contributed by atoms with Crippen LogP contribution in [-0.4, -0.2) is 44.0 Å². The fourth-order valence-corrected chi connectivity index (χ4v) is 3.76. The molecule has 1 heterocycles. The van der Waals surface area contributed by atoms with Crippen molar-refractivity contribution in [1.82, 2.24) is 4.90 Å². The maximum Gasteiger partial charge on any atom is 0.261 e. The van der Waals surface area contributed by atoms with E-state index in [-0.39, 0.29) is 17.7 Å². The first-order valence-corrected chi connectivity index (χ1v) is 10.4. The highest BCUT2D eigenvalue weighted by Crippen LogP contribution is 2.31. The molecular formula is C24H30N2O4. The molecule has 2 amide bonds. The van der Waals surface area contributed by atoms with E-state index in [2.05, 4.69) is 19.2 Å². The van der Waals surface area contributed by atoms with Crippen LogP contribution >= 0.6 is 0 Å². The first-order chi connectivity index (χ1) is 14.4. The van der Waals surface area contributed by atoms with Crippen LogP contribution < -0.4 is 14.8 Å². The van der Waals surface area contributed by atoms with Gasteiger partial charge >= 0.3 is 0 Å². The number of piperidine rings is 1. The molecular weight excluding hydrogens is 380 g/mol. The van der Waals surface area contributed by atoms with E-state index >= 15 is 0 Å². The minimum atomic E-state index is -0.132. The normalized spacial score (nSPS) is 14.5. The number of anilines is 1. The van der Waals surface area contributed by atoms with Gasteiger partial charge in [0.1, 0.15) is 17.1 Å². The molecule has 0 spiro atoms. The molecule has 0 saturated carbocycles. The summed E-state index contributed by atoms with van der Waals surface area (Å²) >= 11 is 0. The van der Waals surface area contributed by atoms with Crippen molar-refractivity contribution in [3.05, 3.63) is 53.6 Å². The molecule has 30 heavy (non-hydrogen) atoms. The minimum absolute atomic E-state index is 0.00858. The van der Waals surface area contributed by atoms with Gasteiger partial charge in [-0.3, -0.25) is 9.59 Å². The van der Waals surface area contributed by atoms with Gasteiger partial charge in [0.05, 0.1) is 14.2 Å². The Morgan fingerprint density at radius 3 is 2.03 bits per heavy atom. The van der Waals surface area contributed by atoms with E-state index in [0.717, 1.165) is 5.69 Å². The van der Waals surface area contributed by atoms with E-state index in [1.165, 1.54) is 19.8 Å². The number of rotatable bonds is 6. The summed E-state index contributed by atoms with van der Waals surface area (Å²) in [6.07, 6.45) is 1.25. The maximum absolute atomic E-state index is 13.1. The predicted octanol–water partition coefficient (Wildman–Crippen LogP) is 4.32. The average Bonchev–Trinajstić information content (AvgIpc) is 2.78. The molecule has 3 rings (SSSR count). The highest BCUT2D eigenvalue weighted by Gasteiger charge is 2.30. The van der Waals surface area contributed by atoms with Crippen molar-refractivity contribution in [3.8, 4) is 11.5 Å². The number of hydrogen-bond acceptors (Lipinski definition) is 4. The maximum atomic E-state index is 13.1. The molecule has 2 aromatic carbocycles. The van der Waals surface area contributed by atoms with Crippen LogP contribution in [0.5, 0.6) is 11.5 Å². The van der Waals surface area contributed by atoms with Gasteiger partial charge in [-0.2, -0.15) is 0 Å². The van der Waals surface area contributed by atoms with Crippen LogP contribution in [-0.2, 0) is 4.79 Å². The lowest BCUT2D eigenvalue weighted by Gasteiger charge is -2.32. The van der Waals surface area contributed by atoms with E-state index in [0.29, 0.717) is 48.9 Å². The number of likely N-dealkylation sites (tertiary alicyclic amines) is 1. The van der Waals surface area contributed by atoms with Crippen LogP contribution in [0.25, 0.3) is 0 Å². The summed E-state index contributed by atoms with van der Waals surface area (Å²) in [4.78, 5) is 27.5. The smallest absolute Gasteiger partial charge is 0.261 e. The van der Waals surface area contributed by atoms with Gasteiger partial charge < -0.3 is 19.7 Å². The second-order valence-corrected chi connectivity index (χ2v) is 7.87. The number of hydrogen-bond donors (Lipinski definition) is 1. The zero-order valence-electron chi connectivity index (χ0n) is 18.1. The number of amides is 2. The minimum Gasteiger partial charge on any atom is -0.496 e. The number of benzene rings is 2. The number of ether oxygens (including phenoxy) is 2. The number of nitrogens with one attached hydrogen (secondary N) is 1. The SMILES string of the molecule is COc1cccc(OC)c1C(=O)N1CCC(C(=O)Nc2ccc(C(C)C)cc2)CC1. The summed E-state index contributed by atoms with van der Waals surface area (Å²) in [5, 5.41) is 3.01. The zero-order chi connectivity index (χ0) is 21.7. The Balaban J connectivity index is 1.60. The lowest BCUT2D eigenvalue weighted by Crippen LogP contribution is -2.41. The molecule has 6 nitrogen and oxygen atoms in total. The van der Waals surface area contributed by atoms with Crippen molar-refractivity contribution in [2.75, 3.05) is 32.6 Å². The first kappa shape index (κ1) is 21.7. The number of carbonyl (C=O) groups is 2. The van der Waals surface area contributed by atoms with Gasteiger partial charge in [0.15, 0.2) is 0 Å². The van der Waals surface area contributed by atoms with E-state index in [4.69, 9.17) is 9.47 Å². The van der Waals surface area contributed by atoms with Crippen LogP contribution in [0.1, 0.15) is 48.5 Å². The van der Waals surface area contributed by atoms with E-state index in [1.54, 1.807) is 23.1 Å². The molecule has 1 saturated heterocycles. The summed E-state index contributed by atoms with van der Waals surface area (Å²) in [5.74, 6) is 1.20. The molecule has 1 aliphatic heterocycles. The monoisotopic (exact) mass is 410 g/mol. The highest BCUT2D eigenvalue weighted by molar-refractivity contribution is 6.00. The van der Waals surface area contributed by atoms with Crippen LogP contribution in [0.2, 0.25) is 0 Å². The lowest BCUT2D eigenvalue weighted by atomic mass is 9.95. The van der Waals surface area contributed by atoms with Gasteiger partial charge in [-0.15, -0.1) is 0 Å². The number of methoxy groups -OCH3 is 2. The largest absolute Gasteiger partial charge is 0.496 e. The Morgan fingerprint density at radius 1 is 0.967 bits per heavy atom. The Morgan fingerprint density at radius 2 is 1.53 bits per heavy atom. The van der Waals surface area contributed by atoms with Gasteiger partial charge in [-0.25, -0.2) is 0 Å². The van der Waals surface area contributed by atoms with Crippen molar-refractivity contribution in [2.45, 2.75) is 32.6 Å². The molecule has 1 aliphatic rings. The molecule has 1 fully saturated rings. The lowest BCUT2D eigenvalue weighted by molar-refractivity contribution is -0.121. The van der Waals surface area contributed by atoms with Gasteiger partial charge in [0.25, 0.3) is 5.91 Å². The van der Waals surface area contributed by atoms with Gasteiger partial charge in [-0.05, 0) is 48.6 Å². The second kappa shape index (κ2) is 9.65. The molecule has 0 aliphatic carbocycles. The van der Waals surface area contributed by atoms with Crippen LogP contribution in [0.4, 0.5) is 5.69 Å². The van der Waals surface area contributed by atoms with Gasteiger partial charge in [0, 0.05) is 24.7 Å². The standard InChI is InChI=1S/C24H30N2O4/c1-16(2)17-8-10-19(11-9-17)25-23(27)18-12-14-26(15-13-18)24(28)22-20(29-3)6-5-7-21(22)30-4/h5-11,16,18H,12-15H2,1-4H3,(H,25,27).